The van der Waals surface area contributed by atoms with Gasteiger partial charge >= 0.3 is 12.3 Å². The van der Waals surface area contributed by atoms with Gasteiger partial charge in [-0.3, -0.25) is 15.4 Å². The predicted molar refractivity (Wildman–Crippen MR) is 173 cm³/mol. The first-order valence-corrected chi connectivity index (χ1v) is 16.0. The Bertz CT molecular complexity index is 1540. The van der Waals surface area contributed by atoms with Crippen LogP contribution in [0.15, 0.2) is 66.7 Å². The lowest BCUT2D eigenvalue weighted by Crippen LogP contribution is -2.62. The second kappa shape index (κ2) is 13.5. The Morgan fingerprint density at radius 2 is 1.32 bits per heavy atom. The standard InChI is InChI=1S/C34H37Cl2F3N4O4/c1-5-46-27-20-23(34(37,38)39)10-15-26(27)33(30(44)42-16-18-43(19-17-42)31(45)47-32(2,3)4)40-28(21-6-11-24(35)12-7-21)29(41-33)22-8-13-25(36)14-9-22/h6-15,20,28-29,40-41H,5,16-19H2,1-4H3. The highest BCUT2D eigenvalue weighted by Gasteiger charge is 2.55. The number of nitrogens with zero attached hydrogens (tertiary/aromatic N) is 2. The highest BCUT2D eigenvalue weighted by Crippen LogP contribution is 2.46. The number of amides is 2. The lowest BCUT2D eigenvalue weighted by atomic mass is 9.94. The van der Waals surface area contributed by atoms with Crippen LogP contribution in [0.4, 0.5) is 18.0 Å². The number of benzene rings is 3. The molecule has 47 heavy (non-hydrogen) atoms. The SMILES string of the molecule is CCOc1cc(C(F)(F)F)ccc1C1(C(=O)N2CCN(C(=O)OC(C)(C)C)CC2)NC(c2ccc(Cl)cc2)C(c2ccc(Cl)cc2)N1. The first kappa shape index (κ1) is 34.8. The van der Waals surface area contributed by atoms with Crippen LogP contribution in [-0.4, -0.2) is 60.2 Å². The highest BCUT2D eigenvalue weighted by molar-refractivity contribution is 6.30. The zero-order chi connectivity index (χ0) is 34.1. The van der Waals surface area contributed by atoms with Crippen molar-refractivity contribution in [3.8, 4) is 5.75 Å². The van der Waals surface area contributed by atoms with Crippen LogP contribution in [-0.2, 0) is 21.4 Å². The average molecular weight is 694 g/mol. The maximum atomic E-state index is 14.9. The van der Waals surface area contributed by atoms with Gasteiger partial charge < -0.3 is 19.3 Å². The largest absolute Gasteiger partial charge is 0.493 e. The molecule has 3 aromatic carbocycles. The summed E-state index contributed by atoms with van der Waals surface area (Å²) in [5, 5.41) is 8.03. The lowest BCUT2D eigenvalue weighted by molar-refractivity contribution is -0.141. The van der Waals surface area contributed by atoms with Crippen LogP contribution in [0.2, 0.25) is 10.0 Å². The van der Waals surface area contributed by atoms with Crippen molar-refractivity contribution in [2.45, 2.75) is 57.2 Å². The first-order valence-electron chi connectivity index (χ1n) is 15.3. The van der Waals surface area contributed by atoms with E-state index >= 15 is 0 Å². The van der Waals surface area contributed by atoms with Crippen LogP contribution in [0.1, 0.15) is 62.0 Å². The van der Waals surface area contributed by atoms with Gasteiger partial charge in [0.2, 0.25) is 0 Å². The summed E-state index contributed by atoms with van der Waals surface area (Å²) in [4.78, 5) is 30.8. The predicted octanol–water partition coefficient (Wildman–Crippen LogP) is 7.32. The Morgan fingerprint density at radius 3 is 1.77 bits per heavy atom. The molecule has 252 valence electrons. The monoisotopic (exact) mass is 692 g/mol. The summed E-state index contributed by atoms with van der Waals surface area (Å²) in [6.07, 6.45) is -5.11. The fourth-order valence-corrected chi connectivity index (χ4v) is 6.15. The molecule has 3 aromatic rings. The molecule has 2 amide bonds. The van der Waals surface area contributed by atoms with Gasteiger partial charge in [-0.05, 0) is 75.2 Å². The van der Waals surface area contributed by atoms with E-state index < -0.39 is 47.1 Å². The number of carbonyl (C=O) groups excluding carboxylic acids is 2. The second-order valence-electron chi connectivity index (χ2n) is 12.5. The molecule has 0 bridgehead atoms. The fourth-order valence-electron chi connectivity index (χ4n) is 5.90. The smallest absolute Gasteiger partial charge is 0.416 e. The number of nitrogens with one attached hydrogen (secondary N) is 2. The third kappa shape index (κ3) is 7.64. The Balaban J connectivity index is 1.60. The third-order valence-electron chi connectivity index (χ3n) is 8.09. The molecule has 0 saturated carbocycles. The van der Waals surface area contributed by atoms with Gasteiger partial charge in [0, 0.05) is 41.8 Å². The minimum atomic E-state index is -4.63. The van der Waals surface area contributed by atoms with Crippen molar-refractivity contribution >= 4 is 35.2 Å². The van der Waals surface area contributed by atoms with Crippen molar-refractivity contribution in [1.82, 2.24) is 20.4 Å². The van der Waals surface area contributed by atoms with Crippen LogP contribution < -0.4 is 15.4 Å². The Labute approximate surface area is 282 Å². The summed E-state index contributed by atoms with van der Waals surface area (Å²) in [6.45, 7) is 7.83. The number of halogens is 5. The van der Waals surface area contributed by atoms with E-state index in [1.807, 2.05) is 24.3 Å². The van der Waals surface area contributed by atoms with Gasteiger partial charge in [0.1, 0.15) is 11.4 Å². The normalized spacial score (nSPS) is 21.9. The zero-order valence-corrected chi connectivity index (χ0v) is 28.0. The number of hydrogen-bond acceptors (Lipinski definition) is 6. The maximum Gasteiger partial charge on any atom is 0.416 e. The summed E-state index contributed by atoms with van der Waals surface area (Å²) in [5.41, 5.74) is -1.55. The molecule has 2 aliphatic rings. The van der Waals surface area contributed by atoms with Gasteiger partial charge in [-0.25, -0.2) is 4.79 Å². The van der Waals surface area contributed by atoms with E-state index in [4.69, 9.17) is 32.7 Å². The number of carbonyl (C=O) groups is 2. The van der Waals surface area contributed by atoms with Gasteiger partial charge in [0.05, 0.1) is 24.3 Å². The van der Waals surface area contributed by atoms with Crippen LogP contribution in [0.25, 0.3) is 0 Å². The molecule has 2 saturated heterocycles. The number of alkyl halides is 3. The summed E-state index contributed by atoms with van der Waals surface area (Å²) >= 11 is 12.4. The molecule has 2 atom stereocenters. The quantitative estimate of drug-likeness (QED) is 0.282. The summed E-state index contributed by atoms with van der Waals surface area (Å²) in [5.74, 6) is -0.521. The number of ether oxygens (including phenoxy) is 2. The Hall–Kier alpha value is -3.51. The maximum absolute atomic E-state index is 14.9. The van der Waals surface area contributed by atoms with Crippen LogP contribution in [0.3, 0.4) is 0 Å². The molecule has 13 heteroatoms. The molecule has 0 radical (unpaired) electrons. The minimum Gasteiger partial charge on any atom is -0.493 e. The van der Waals surface area contributed by atoms with Crippen molar-refractivity contribution < 1.29 is 32.2 Å². The molecule has 2 N–H and O–H groups in total. The van der Waals surface area contributed by atoms with E-state index in [9.17, 15) is 22.8 Å². The Kier molecular flexibility index (Phi) is 10.0. The van der Waals surface area contributed by atoms with Crippen molar-refractivity contribution in [2.75, 3.05) is 32.8 Å². The van der Waals surface area contributed by atoms with Crippen LogP contribution >= 0.6 is 23.2 Å². The Morgan fingerprint density at radius 1 is 0.830 bits per heavy atom. The highest BCUT2D eigenvalue weighted by atomic mass is 35.5. The average Bonchev–Trinajstić information content (AvgIpc) is 3.42. The van der Waals surface area contributed by atoms with Crippen molar-refractivity contribution in [2.24, 2.45) is 0 Å². The van der Waals surface area contributed by atoms with Gasteiger partial charge in [0.15, 0.2) is 5.66 Å². The molecule has 2 aliphatic heterocycles. The molecular formula is C34H37Cl2F3N4O4. The van der Waals surface area contributed by atoms with Crippen LogP contribution in [0.5, 0.6) is 5.75 Å². The zero-order valence-electron chi connectivity index (χ0n) is 26.5. The van der Waals surface area contributed by atoms with Crippen molar-refractivity contribution in [1.29, 1.82) is 0 Å². The van der Waals surface area contributed by atoms with Gasteiger partial charge in [-0.1, -0.05) is 53.5 Å². The lowest BCUT2D eigenvalue weighted by Gasteiger charge is -2.41. The van der Waals surface area contributed by atoms with E-state index in [1.54, 1.807) is 56.9 Å². The summed E-state index contributed by atoms with van der Waals surface area (Å²) in [7, 11) is 0. The molecule has 8 nitrogen and oxygen atoms in total. The van der Waals surface area contributed by atoms with E-state index in [0.29, 0.717) is 10.0 Å². The number of piperazine rings is 1. The summed E-state index contributed by atoms with van der Waals surface area (Å²) < 4.78 is 52.9. The number of rotatable bonds is 6. The number of hydrogen-bond donors (Lipinski definition) is 2. The molecule has 0 spiro atoms. The molecule has 0 aliphatic carbocycles. The second-order valence-corrected chi connectivity index (χ2v) is 13.4. The first-order chi connectivity index (χ1) is 22.1. The van der Waals surface area contributed by atoms with Gasteiger partial charge in [0.25, 0.3) is 5.91 Å². The molecule has 2 heterocycles. The summed E-state index contributed by atoms with van der Waals surface area (Å²) in [6, 6.07) is 16.3. The third-order valence-corrected chi connectivity index (χ3v) is 8.59. The molecule has 2 unspecified atom stereocenters. The topological polar surface area (TPSA) is 83.1 Å². The van der Waals surface area contributed by atoms with Crippen molar-refractivity contribution in [3.63, 3.8) is 0 Å². The van der Waals surface area contributed by atoms with Crippen LogP contribution in [0, 0.1) is 0 Å². The molecule has 0 aromatic heterocycles. The van der Waals surface area contributed by atoms with E-state index in [-0.39, 0.29) is 44.1 Å². The van der Waals surface area contributed by atoms with E-state index in [0.717, 1.165) is 23.3 Å². The minimum absolute atomic E-state index is 0.0639. The molecular weight excluding hydrogens is 656 g/mol. The van der Waals surface area contributed by atoms with E-state index in [1.165, 1.54) is 11.0 Å². The van der Waals surface area contributed by atoms with Gasteiger partial charge in [-0.2, -0.15) is 13.2 Å². The van der Waals surface area contributed by atoms with E-state index in [2.05, 4.69) is 10.6 Å². The van der Waals surface area contributed by atoms with Gasteiger partial charge in [-0.15, -0.1) is 0 Å². The molecule has 5 rings (SSSR count). The van der Waals surface area contributed by atoms with Crippen molar-refractivity contribution in [3.05, 3.63) is 99.0 Å². The fraction of sp³-hybridized carbons (Fsp3) is 0.412. The molecule has 2 fully saturated rings.